The number of carboxylic acid groups (broad SMARTS) is 1. The Hall–Kier alpha value is -4.14. The maximum atomic E-state index is 14.8. The molecule has 47 heavy (non-hydrogen) atoms. The highest BCUT2D eigenvalue weighted by Gasteiger charge is 2.49. The van der Waals surface area contributed by atoms with E-state index in [4.69, 9.17) is 10.6 Å². The molecule has 2 aliphatic carbocycles. The Labute approximate surface area is 273 Å². The number of carbonyl (C=O) groups is 2. The fourth-order valence-electron chi connectivity index (χ4n) is 6.38. The number of allylic oxidation sites excluding steroid dienone is 2. The number of nitrogens with zero attached hydrogens (tertiary/aromatic N) is 6. The van der Waals surface area contributed by atoms with Gasteiger partial charge < -0.3 is 25.0 Å². The lowest BCUT2D eigenvalue weighted by atomic mass is 9.90. The average molecular weight is 655 g/mol. The van der Waals surface area contributed by atoms with Crippen molar-refractivity contribution in [3.8, 4) is 0 Å². The van der Waals surface area contributed by atoms with Crippen LogP contribution in [-0.4, -0.2) is 101 Å². The van der Waals surface area contributed by atoms with Crippen LogP contribution in [0.25, 0.3) is 0 Å². The molecule has 4 aliphatic rings. The van der Waals surface area contributed by atoms with Crippen molar-refractivity contribution in [2.75, 3.05) is 62.0 Å². The number of fused-ring (bicyclic) bond motifs is 1. The Kier molecular flexibility index (Phi) is 10.7. The first-order valence-corrected chi connectivity index (χ1v) is 16.0. The average Bonchev–Trinajstić information content (AvgIpc) is 3.15. The van der Waals surface area contributed by atoms with E-state index in [1.807, 2.05) is 5.01 Å². The number of anilines is 3. The van der Waals surface area contributed by atoms with Gasteiger partial charge in [-0.3, -0.25) is 15.5 Å². The molecule has 1 atom stereocenters. The monoisotopic (exact) mass is 654 g/mol. The molecule has 2 aliphatic heterocycles. The number of benzene rings is 1. The van der Waals surface area contributed by atoms with Crippen LogP contribution in [0.5, 0.6) is 0 Å². The molecule has 1 saturated heterocycles. The van der Waals surface area contributed by atoms with Crippen molar-refractivity contribution in [2.24, 2.45) is 5.84 Å². The van der Waals surface area contributed by atoms with Crippen molar-refractivity contribution in [1.29, 1.82) is 0 Å². The van der Waals surface area contributed by atoms with E-state index in [9.17, 15) is 23.5 Å². The molecule has 0 bridgehead atoms. The summed E-state index contributed by atoms with van der Waals surface area (Å²) in [6.45, 7) is 4.37. The molecule has 4 N–H and O–H groups in total. The Balaban J connectivity index is 0.000000257. The number of carbonyl (C=O) groups excluding carboxylic acids is 1. The number of methoxy groups -OCH3 is 1. The number of aliphatic carboxylic acids is 1. The number of carboxylic acids is 1. The van der Waals surface area contributed by atoms with Crippen LogP contribution in [0.4, 0.5) is 26.2 Å². The Morgan fingerprint density at radius 1 is 1.13 bits per heavy atom. The zero-order valence-electron chi connectivity index (χ0n) is 26.9. The highest BCUT2D eigenvalue weighted by atomic mass is 19.3. The summed E-state index contributed by atoms with van der Waals surface area (Å²) in [5, 5.41) is 14.7. The molecule has 1 amide bonds. The minimum absolute atomic E-state index is 0.0125. The molecule has 3 heterocycles. The van der Waals surface area contributed by atoms with Gasteiger partial charge in [-0.1, -0.05) is 55.7 Å². The quantitative estimate of drug-likeness (QED) is 0.377. The second kappa shape index (κ2) is 14.7. The first-order chi connectivity index (χ1) is 22.5. The van der Waals surface area contributed by atoms with Crippen LogP contribution in [0.2, 0.25) is 0 Å². The number of hydrogen-bond donors (Lipinski definition) is 3. The maximum Gasteiger partial charge on any atom is 0.342 e. The topological polar surface area (TPSA) is 140 Å². The molecule has 2 fully saturated rings. The number of ether oxygens (including phenoxy) is 1. The van der Waals surface area contributed by atoms with Crippen molar-refractivity contribution in [1.82, 2.24) is 19.9 Å². The van der Waals surface area contributed by atoms with Gasteiger partial charge in [-0.05, 0) is 30.6 Å². The molecule has 0 spiro atoms. The van der Waals surface area contributed by atoms with Crippen LogP contribution < -0.4 is 21.0 Å². The van der Waals surface area contributed by atoms with Gasteiger partial charge in [0.1, 0.15) is 5.69 Å². The second-order valence-electron chi connectivity index (χ2n) is 12.5. The van der Waals surface area contributed by atoms with Gasteiger partial charge in [-0.15, -0.1) is 0 Å². The maximum absolute atomic E-state index is 14.8. The van der Waals surface area contributed by atoms with Gasteiger partial charge in [0.15, 0.2) is 11.4 Å². The lowest BCUT2D eigenvalue weighted by Gasteiger charge is -2.36. The Morgan fingerprint density at radius 2 is 1.83 bits per heavy atom. The largest absolute Gasteiger partial charge is 0.501 e. The molecular formula is C33H44F2N8O4. The summed E-state index contributed by atoms with van der Waals surface area (Å²) in [7, 11) is 2.72. The number of hydrogen-bond acceptors (Lipinski definition) is 10. The molecule has 14 heteroatoms. The highest BCUT2D eigenvalue weighted by molar-refractivity contribution is 6.02. The molecule has 254 valence electrons. The van der Waals surface area contributed by atoms with Crippen LogP contribution in [-0.2, 0) is 20.9 Å². The van der Waals surface area contributed by atoms with Crippen LogP contribution in [0.3, 0.4) is 0 Å². The summed E-state index contributed by atoms with van der Waals surface area (Å²) < 4.78 is 34.8. The second-order valence-corrected chi connectivity index (χ2v) is 12.5. The van der Waals surface area contributed by atoms with E-state index in [-0.39, 0.29) is 29.9 Å². The number of hydrazine groups is 1. The Bertz CT molecular complexity index is 1460. The lowest BCUT2D eigenvalue weighted by Crippen LogP contribution is -2.49. The molecule has 1 saturated carbocycles. The van der Waals surface area contributed by atoms with Gasteiger partial charge in [0, 0.05) is 52.2 Å². The van der Waals surface area contributed by atoms with Crippen molar-refractivity contribution in [3.63, 3.8) is 0 Å². The predicted octanol–water partition coefficient (Wildman–Crippen LogP) is 3.63. The lowest BCUT2D eigenvalue weighted by molar-refractivity contribution is -0.141. The van der Waals surface area contributed by atoms with E-state index >= 15 is 0 Å². The third-order valence-corrected chi connectivity index (χ3v) is 9.14. The molecule has 6 rings (SSSR count). The first-order valence-electron chi connectivity index (χ1n) is 16.0. The van der Waals surface area contributed by atoms with E-state index in [1.54, 1.807) is 12.2 Å². The van der Waals surface area contributed by atoms with E-state index in [2.05, 4.69) is 50.5 Å². The minimum atomic E-state index is -3.59. The van der Waals surface area contributed by atoms with Crippen molar-refractivity contribution in [3.05, 3.63) is 66.1 Å². The zero-order chi connectivity index (χ0) is 33.6. The number of alkyl halides is 2. The SMILES string of the molecule is COC1=CC=CC(Nc2ncc3c(n2)N(C2CCCCC2)CC(F)(F)C(=O)N3C)(C(=O)O)C1.NN1CCN(Cc2ccccc2)CC1. The van der Waals surface area contributed by atoms with Gasteiger partial charge in [-0.2, -0.15) is 13.8 Å². The van der Waals surface area contributed by atoms with E-state index < -0.39 is 29.9 Å². The third kappa shape index (κ3) is 8.06. The van der Waals surface area contributed by atoms with Crippen LogP contribution in [0.1, 0.15) is 44.1 Å². The Morgan fingerprint density at radius 3 is 2.49 bits per heavy atom. The number of rotatable bonds is 7. The molecule has 12 nitrogen and oxygen atoms in total. The first kappa shape index (κ1) is 34.2. The number of aromatic nitrogens is 2. The molecule has 1 aromatic carbocycles. The molecule has 1 unspecified atom stereocenters. The zero-order valence-corrected chi connectivity index (χ0v) is 26.9. The molecule has 0 radical (unpaired) electrons. The van der Waals surface area contributed by atoms with Crippen molar-refractivity contribution in [2.45, 2.75) is 62.6 Å². The summed E-state index contributed by atoms with van der Waals surface area (Å²) in [5.41, 5.74) is -0.0206. The van der Waals surface area contributed by atoms with Crippen LogP contribution >= 0.6 is 0 Å². The summed E-state index contributed by atoms with van der Waals surface area (Å²) in [5.74, 6) is 0.230. The molecule has 1 aromatic heterocycles. The number of nitrogens with two attached hydrogens (primary N) is 1. The predicted molar refractivity (Wildman–Crippen MR) is 175 cm³/mol. The van der Waals surface area contributed by atoms with Gasteiger partial charge in [0.25, 0.3) is 5.91 Å². The molecule has 2 aromatic rings. The van der Waals surface area contributed by atoms with Gasteiger partial charge in [0.05, 0.1) is 25.6 Å². The molecular weight excluding hydrogens is 610 g/mol. The van der Waals surface area contributed by atoms with Gasteiger partial charge in [0.2, 0.25) is 5.95 Å². The fourth-order valence-corrected chi connectivity index (χ4v) is 6.38. The van der Waals surface area contributed by atoms with E-state index in [0.717, 1.165) is 56.9 Å². The van der Waals surface area contributed by atoms with Gasteiger partial charge >= 0.3 is 11.9 Å². The number of amides is 1. The summed E-state index contributed by atoms with van der Waals surface area (Å²) in [6.07, 6.45) is 10.3. The minimum Gasteiger partial charge on any atom is -0.501 e. The van der Waals surface area contributed by atoms with Crippen molar-refractivity contribution >= 4 is 29.3 Å². The number of halogens is 2. The standard InChI is InChI=1S/C22H27F2N5O4.C11H17N3/c1-28-16-12-25-20(27-21(19(31)32)10-6-9-15(11-21)33-2)26-17(16)29(13-22(23,24)18(28)30)14-7-4-3-5-8-14;12-14-8-6-13(7-9-14)10-11-4-2-1-3-5-11/h6,9-10,12,14H,3-5,7-8,11,13H2,1-2H3,(H,31,32)(H,25,26,27);1-5H,6-10,12H2. The highest BCUT2D eigenvalue weighted by Crippen LogP contribution is 2.39. The van der Waals surface area contributed by atoms with Crippen molar-refractivity contribution < 1.29 is 28.2 Å². The normalized spacial score (nSPS) is 23.6. The van der Waals surface area contributed by atoms with E-state index in [0.29, 0.717) is 18.6 Å². The van der Waals surface area contributed by atoms with Gasteiger partial charge in [-0.25, -0.2) is 14.8 Å². The summed E-state index contributed by atoms with van der Waals surface area (Å²) in [6, 6.07) is 10.4. The van der Waals surface area contributed by atoms with E-state index in [1.165, 1.54) is 36.9 Å². The number of piperazine rings is 1. The van der Waals surface area contributed by atoms with Crippen LogP contribution in [0, 0.1) is 0 Å². The fraction of sp³-hybridized carbons (Fsp3) is 0.515. The smallest absolute Gasteiger partial charge is 0.342 e. The van der Waals surface area contributed by atoms with Crippen LogP contribution in [0.15, 0.2) is 60.5 Å². The summed E-state index contributed by atoms with van der Waals surface area (Å²) in [4.78, 5) is 38.1. The summed E-state index contributed by atoms with van der Waals surface area (Å²) >= 11 is 0. The third-order valence-electron chi connectivity index (χ3n) is 9.14. The number of nitrogens with one attached hydrogen (secondary N) is 1.